The molecule has 8 heteroatoms. The lowest BCUT2D eigenvalue weighted by atomic mass is 10.0. The van der Waals surface area contributed by atoms with Crippen LogP contribution in [0.3, 0.4) is 0 Å². The maximum absolute atomic E-state index is 14.3. The predicted molar refractivity (Wildman–Crippen MR) is 101 cm³/mol. The smallest absolute Gasteiger partial charge is 0.251 e. The Morgan fingerprint density at radius 2 is 1.96 bits per heavy atom. The minimum absolute atomic E-state index is 0.148. The van der Waals surface area contributed by atoms with Crippen molar-refractivity contribution in [3.8, 4) is 0 Å². The van der Waals surface area contributed by atoms with E-state index in [2.05, 4.69) is 19.9 Å². The summed E-state index contributed by atoms with van der Waals surface area (Å²) in [6.45, 7) is 1.87. The van der Waals surface area contributed by atoms with Crippen LogP contribution in [0.5, 0.6) is 0 Å². The number of aromatic amines is 1. The van der Waals surface area contributed by atoms with E-state index in [1.165, 1.54) is 6.07 Å². The summed E-state index contributed by atoms with van der Waals surface area (Å²) in [6, 6.07) is 2.53. The van der Waals surface area contributed by atoms with Crippen LogP contribution in [0.2, 0.25) is 0 Å². The first-order valence-corrected chi connectivity index (χ1v) is 8.60. The molecule has 0 saturated heterocycles. The molecule has 3 aromatic heterocycles. The first kappa shape index (κ1) is 16.5. The molecule has 0 spiro atoms. The van der Waals surface area contributed by atoms with Gasteiger partial charge in [0, 0.05) is 28.9 Å². The van der Waals surface area contributed by atoms with E-state index in [4.69, 9.17) is 0 Å². The number of H-pyrrole nitrogens is 1. The molecule has 0 saturated carbocycles. The van der Waals surface area contributed by atoms with Crippen LogP contribution in [0.15, 0.2) is 47.5 Å². The lowest BCUT2D eigenvalue weighted by molar-refractivity contribution is 0.515. The molecule has 1 aliphatic carbocycles. The fourth-order valence-corrected chi connectivity index (χ4v) is 3.40. The van der Waals surface area contributed by atoms with E-state index < -0.39 is 17.2 Å². The average molecular weight is 377 g/mol. The lowest BCUT2D eigenvalue weighted by Crippen LogP contribution is -2.17. The summed E-state index contributed by atoms with van der Waals surface area (Å²) in [5.41, 5.74) is 2.32. The van der Waals surface area contributed by atoms with E-state index in [-0.39, 0.29) is 12.1 Å². The predicted octanol–water partition coefficient (Wildman–Crippen LogP) is 3.26. The van der Waals surface area contributed by atoms with Crippen LogP contribution in [-0.4, -0.2) is 24.5 Å². The molecule has 0 unspecified atom stereocenters. The number of fused-ring (bicyclic) bond motifs is 2. The molecule has 4 aromatic rings. The number of halogens is 2. The number of allylic oxidation sites excluding steroid dienone is 4. The summed E-state index contributed by atoms with van der Waals surface area (Å²) < 4.78 is 29.8. The first-order valence-electron chi connectivity index (χ1n) is 8.60. The van der Waals surface area contributed by atoms with Crippen LogP contribution < -0.4 is 5.56 Å². The highest BCUT2D eigenvalue weighted by Crippen LogP contribution is 2.28. The minimum Gasteiger partial charge on any atom is -0.319 e. The van der Waals surface area contributed by atoms with E-state index in [1.807, 2.05) is 22.8 Å². The van der Waals surface area contributed by atoms with Gasteiger partial charge >= 0.3 is 0 Å². The third-order valence-electron chi connectivity index (χ3n) is 4.96. The largest absolute Gasteiger partial charge is 0.319 e. The average Bonchev–Trinajstić information content (AvgIpc) is 2.99. The highest BCUT2D eigenvalue weighted by Gasteiger charge is 2.20. The molecule has 5 rings (SSSR count). The molecular formula is C20H13F2N5O. The highest BCUT2D eigenvalue weighted by molar-refractivity contribution is 5.85. The second-order valence-corrected chi connectivity index (χ2v) is 6.55. The molecule has 0 radical (unpaired) electrons. The van der Waals surface area contributed by atoms with Gasteiger partial charge in [0.15, 0.2) is 22.9 Å². The van der Waals surface area contributed by atoms with Crippen LogP contribution in [-0.2, 0) is 6.54 Å². The molecule has 138 valence electrons. The van der Waals surface area contributed by atoms with E-state index in [9.17, 15) is 13.6 Å². The van der Waals surface area contributed by atoms with Crippen LogP contribution >= 0.6 is 0 Å². The SMILES string of the molecule is Cc1c(Cn2c(C3=CC=C3)nc3nccnc32)c2ccc(F)c(F)c2[nH]c1=O. The van der Waals surface area contributed by atoms with Gasteiger partial charge in [0.1, 0.15) is 5.82 Å². The minimum atomic E-state index is -1.07. The monoisotopic (exact) mass is 377 g/mol. The van der Waals surface area contributed by atoms with Crippen LogP contribution in [0.1, 0.15) is 17.0 Å². The third-order valence-corrected chi connectivity index (χ3v) is 4.96. The Hall–Kier alpha value is -3.68. The number of nitrogens with one attached hydrogen (secondary N) is 1. The molecule has 3 heterocycles. The number of pyridine rings is 1. The second kappa shape index (κ2) is 5.91. The molecule has 1 N–H and O–H groups in total. The third kappa shape index (κ3) is 2.31. The zero-order valence-corrected chi connectivity index (χ0v) is 14.7. The number of nitrogens with zero attached hydrogens (tertiary/aromatic N) is 4. The van der Waals surface area contributed by atoms with Crippen molar-refractivity contribution < 1.29 is 8.78 Å². The van der Waals surface area contributed by atoms with Gasteiger partial charge in [-0.15, -0.1) is 0 Å². The topological polar surface area (TPSA) is 76.5 Å². The molecule has 6 nitrogen and oxygen atoms in total. The maximum atomic E-state index is 14.3. The Balaban J connectivity index is 1.79. The van der Waals surface area contributed by atoms with Gasteiger partial charge in [-0.25, -0.2) is 23.7 Å². The van der Waals surface area contributed by atoms with Gasteiger partial charge in [-0.05, 0) is 24.6 Å². The van der Waals surface area contributed by atoms with E-state index >= 15 is 0 Å². The standard InChI is InChI=1S/C20H13F2N5O/c1-10-13(12-5-6-14(21)15(22)16(12)25-20(10)28)9-27-18(11-3-2-4-11)26-17-19(27)24-8-7-23-17/h2-8H,9H2,1H3,(H,25,28). The van der Waals surface area contributed by atoms with Gasteiger partial charge < -0.3 is 9.55 Å². The second-order valence-electron chi connectivity index (χ2n) is 6.55. The van der Waals surface area contributed by atoms with Crippen molar-refractivity contribution in [3.05, 3.63) is 81.7 Å². The van der Waals surface area contributed by atoms with E-state index in [1.54, 1.807) is 19.3 Å². The highest BCUT2D eigenvalue weighted by atomic mass is 19.2. The summed E-state index contributed by atoms with van der Waals surface area (Å²) in [5.74, 6) is -1.43. The maximum Gasteiger partial charge on any atom is 0.251 e. The lowest BCUT2D eigenvalue weighted by Gasteiger charge is -2.15. The van der Waals surface area contributed by atoms with Crippen molar-refractivity contribution in [2.45, 2.75) is 13.5 Å². The molecule has 0 aliphatic heterocycles. The van der Waals surface area contributed by atoms with E-state index in [0.717, 1.165) is 11.6 Å². The molecule has 0 fully saturated rings. The van der Waals surface area contributed by atoms with Crippen molar-refractivity contribution in [1.82, 2.24) is 24.5 Å². The molecule has 0 amide bonds. The van der Waals surface area contributed by atoms with Crippen LogP contribution in [0.25, 0.3) is 27.8 Å². The summed E-state index contributed by atoms with van der Waals surface area (Å²) in [6.07, 6.45) is 8.84. The number of hydrogen-bond donors (Lipinski definition) is 1. The first-order chi connectivity index (χ1) is 13.5. The Kier molecular flexibility index (Phi) is 3.48. The molecule has 28 heavy (non-hydrogen) atoms. The molecular weight excluding hydrogens is 364 g/mol. The Morgan fingerprint density at radius 1 is 1.18 bits per heavy atom. The van der Waals surface area contributed by atoms with E-state index in [0.29, 0.717) is 33.6 Å². The molecule has 0 atom stereocenters. The zero-order valence-electron chi connectivity index (χ0n) is 14.7. The number of aromatic nitrogens is 5. The summed E-state index contributed by atoms with van der Waals surface area (Å²) >= 11 is 0. The van der Waals surface area contributed by atoms with Crippen LogP contribution in [0, 0.1) is 18.6 Å². The van der Waals surface area contributed by atoms with Gasteiger partial charge in [0.2, 0.25) is 0 Å². The number of benzene rings is 1. The van der Waals surface area contributed by atoms with Crippen molar-refractivity contribution >= 4 is 27.8 Å². The van der Waals surface area contributed by atoms with Gasteiger partial charge in [-0.2, -0.15) is 0 Å². The Labute approximate surface area is 156 Å². The molecule has 1 aromatic carbocycles. The van der Waals surface area contributed by atoms with Crippen molar-refractivity contribution in [1.29, 1.82) is 0 Å². The fourth-order valence-electron chi connectivity index (χ4n) is 3.40. The van der Waals surface area contributed by atoms with Gasteiger partial charge in [-0.3, -0.25) is 4.79 Å². The fraction of sp³-hybridized carbons (Fsp3) is 0.100. The van der Waals surface area contributed by atoms with Gasteiger partial charge in [0.25, 0.3) is 5.56 Å². The Morgan fingerprint density at radius 3 is 2.71 bits per heavy atom. The summed E-state index contributed by atoms with van der Waals surface area (Å²) in [4.78, 5) is 28.0. The summed E-state index contributed by atoms with van der Waals surface area (Å²) in [7, 11) is 0. The van der Waals surface area contributed by atoms with Crippen molar-refractivity contribution in [2.24, 2.45) is 0 Å². The van der Waals surface area contributed by atoms with Crippen LogP contribution in [0.4, 0.5) is 8.78 Å². The van der Waals surface area contributed by atoms with Gasteiger partial charge in [0.05, 0.1) is 12.1 Å². The summed E-state index contributed by atoms with van der Waals surface area (Å²) in [5, 5.41) is 0.436. The van der Waals surface area contributed by atoms with Crippen molar-refractivity contribution in [3.63, 3.8) is 0 Å². The normalized spacial score (nSPS) is 13.2. The number of rotatable bonds is 3. The van der Waals surface area contributed by atoms with Crippen molar-refractivity contribution in [2.75, 3.05) is 0 Å². The van der Waals surface area contributed by atoms with Gasteiger partial charge in [-0.1, -0.05) is 18.2 Å². The molecule has 0 bridgehead atoms. The zero-order chi connectivity index (χ0) is 19.4. The number of imidazole rings is 1. The quantitative estimate of drug-likeness (QED) is 0.595. The number of hydrogen-bond acceptors (Lipinski definition) is 4. The molecule has 1 aliphatic rings. The Bertz CT molecular complexity index is 1400.